The normalized spacial score (nSPS) is 13.3. The molecular weight excluding hydrogens is 282 g/mol. The van der Waals surface area contributed by atoms with E-state index in [0.29, 0.717) is 0 Å². The molecule has 0 radical (unpaired) electrons. The number of aliphatic hydroxyl groups is 2. The highest BCUT2D eigenvalue weighted by Crippen LogP contribution is 2.31. The fraction of sp³-hybridized carbons (Fsp3) is 0.462. The minimum atomic E-state index is -1.51. The van der Waals surface area contributed by atoms with E-state index < -0.39 is 29.5 Å². The molecule has 116 valence electrons. The number of rotatable bonds is 7. The van der Waals surface area contributed by atoms with Gasteiger partial charge in [-0.1, -0.05) is 0 Å². The summed E-state index contributed by atoms with van der Waals surface area (Å²) in [5, 5.41) is 30.7. The predicted octanol–water partition coefficient (Wildman–Crippen LogP) is 0.951. The number of nitro groups is 1. The van der Waals surface area contributed by atoms with Crippen LogP contribution >= 0.6 is 0 Å². The molecule has 2 N–H and O–H groups in total. The van der Waals surface area contributed by atoms with E-state index in [4.69, 9.17) is 4.74 Å². The second-order valence-corrected chi connectivity index (χ2v) is 4.20. The lowest BCUT2D eigenvalue weighted by Gasteiger charge is -2.19. The Balaban J connectivity index is 2.98. The van der Waals surface area contributed by atoms with Crippen molar-refractivity contribution < 1.29 is 29.4 Å². The number of ether oxygens (including phenoxy) is 2. The van der Waals surface area contributed by atoms with E-state index in [1.54, 1.807) is 6.92 Å². The highest BCUT2D eigenvalue weighted by atomic mass is 16.6. The second kappa shape index (κ2) is 7.55. The number of carbonyl (C=O) groups is 1. The van der Waals surface area contributed by atoms with Crippen LogP contribution in [0.2, 0.25) is 0 Å². The van der Waals surface area contributed by atoms with Gasteiger partial charge in [-0.25, -0.2) is 0 Å². The molecule has 0 aliphatic heterocycles. The topological polar surface area (TPSA) is 119 Å². The lowest BCUT2D eigenvalue weighted by atomic mass is 10.0. The van der Waals surface area contributed by atoms with Crippen molar-refractivity contribution in [1.29, 1.82) is 0 Å². The van der Waals surface area contributed by atoms with E-state index in [9.17, 15) is 25.1 Å². The number of nitrogens with zero attached hydrogens (tertiary/aromatic N) is 1. The van der Waals surface area contributed by atoms with Crippen molar-refractivity contribution in [3.8, 4) is 5.75 Å². The maximum atomic E-state index is 11.3. The third-order valence-corrected chi connectivity index (χ3v) is 2.79. The summed E-state index contributed by atoms with van der Waals surface area (Å²) in [5.41, 5.74) is -0.225. The van der Waals surface area contributed by atoms with E-state index >= 15 is 0 Å². The highest BCUT2D eigenvalue weighted by Gasteiger charge is 2.26. The number of carbonyl (C=O) groups excluding carboxylic acids is 1. The molecule has 0 heterocycles. The maximum Gasteiger partial charge on any atom is 0.308 e. The minimum absolute atomic E-state index is 0.0310. The van der Waals surface area contributed by atoms with Crippen LogP contribution in [0.1, 0.15) is 25.0 Å². The van der Waals surface area contributed by atoms with Crippen LogP contribution in [0.15, 0.2) is 18.2 Å². The van der Waals surface area contributed by atoms with Gasteiger partial charge >= 0.3 is 5.97 Å². The Morgan fingerprint density at radius 3 is 2.62 bits per heavy atom. The van der Waals surface area contributed by atoms with Gasteiger partial charge in [-0.2, -0.15) is 0 Å². The van der Waals surface area contributed by atoms with Gasteiger partial charge in [-0.3, -0.25) is 14.9 Å². The molecule has 2 atom stereocenters. The fourth-order valence-corrected chi connectivity index (χ4v) is 1.78. The maximum absolute atomic E-state index is 11.3. The average Bonchev–Trinajstić information content (AvgIpc) is 2.45. The summed E-state index contributed by atoms with van der Waals surface area (Å²) in [5.74, 6) is -0.496. The zero-order valence-corrected chi connectivity index (χ0v) is 11.7. The molecule has 0 aromatic heterocycles. The minimum Gasteiger partial charge on any atom is -0.496 e. The second-order valence-electron chi connectivity index (χ2n) is 4.20. The predicted molar refractivity (Wildman–Crippen MR) is 71.9 cm³/mol. The summed E-state index contributed by atoms with van der Waals surface area (Å²) in [6.07, 6.45) is -3.40. The van der Waals surface area contributed by atoms with E-state index in [-0.39, 0.29) is 23.6 Å². The first kappa shape index (κ1) is 16.9. The van der Waals surface area contributed by atoms with Crippen LogP contribution in [-0.2, 0) is 9.53 Å². The smallest absolute Gasteiger partial charge is 0.308 e. The Morgan fingerprint density at radius 2 is 2.10 bits per heavy atom. The largest absolute Gasteiger partial charge is 0.496 e. The molecule has 0 aliphatic rings. The molecule has 0 saturated heterocycles. The molecule has 21 heavy (non-hydrogen) atoms. The summed E-state index contributed by atoms with van der Waals surface area (Å²) in [6, 6.07) is 3.62. The third-order valence-electron chi connectivity index (χ3n) is 2.79. The van der Waals surface area contributed by atoms with Crippen LogP contribution in [0.4, 0.5) is 5.69 Å². The average molecular weight is 299 g/mol. The van der Waals surface area contributed by atoms with Crippen molar-refractivity contribution in [3.05, 3.63) is 33.9 Å². The van der Waals surface area contributed by atoms with Gasteiger partial charge in [0.1, 0.15) is 11.9 Å². The van der Waals surface area contributed by atoms with E-state index in [0.717, 1.165) is 6.07 Å². The number of non-ortho nitro benzene ring substituents is 1. The van der Waals surface area contributed by atoms with Gasteiger partial charge in [0.05, 0.1) is 31.2 Å². The lowest BCUT2D eigenvalue weighted by molar-refractivity contribution is -0.385. The van der Waals surface area contributed by atoms with E-state index in [1.807, 2.05) is 0 Å². The van der Waals surface area contributed by atoms with Crippen molar-refractivity contribution in [2.45, 2.75) is 25.6 Å². The number of aliphatic hydroxyl groups excluding tert-OH is 2. The zero-order chi connectivity index (χ0) is 16.0. The summed E-state index contributed by atoms with van der Waals surface area (Å²) in [6.45, 7) is 1.77. The monoisotopic (exact) mass is 299 g/mol. The first-order valence-corrected chi connectivity index (χ1v) is 6.24. The van der Waals surface area contributed by atoms with Crippen LogP contribution in [0.3, 0.4) is 0 Å². The summed E-state index contributed by atoms with van der Waals surface area (Å²) in [7, 11) is 1.33. The molecule has 8 nitrogen and oxygen atoms in total. The molecule has 0 aliphatic carbocycles. The Morgan fingerprint density at radius 1 is 1.43 bits per heavy atom. The number of nitro benzene ring substituents is 1. The van der Waals surface area contributed by atoms with Crippen LogP contribution in [0.5, 0.6) is 5.75 Å². The molecule has 0 amide bonds. The Bertz CT molecular complexity index is 517. The van der Waals surface area contributed by atoms with Gasteiger partial charge in [-0.05, 0) is 13.0 Å². The molecule has 0 fully saturated rings. The molecule has 1 aromatic rings. The Hall–Kier alpha value is -2.19. The molecule has 1 rings (SSSR count). The Labute approximate surface area is 121 Å². The van der Waals surface area contributed by atoms with Crippen molar-refractivity contribution in [2.75, 3.05) is 13.7 Å². The van der Waals surface area contributed by atoms with Crippen LogP contribution < -0.4 is 4.74 Å². The molecule has 0 saturated carbocycles. The lowest BCUT2D eigenvalue weighted by Crippen LogP contribution is -2.23. The van der Waals surface area contributed by atoms with E-state index in [1.165, 1.54) is 19.2 Å². The summed E-state index contributed by atoms with van der Waals surface area (Å²) >= 11 is 0. The van der Waals surface area contributed by atoms with Crippen LogP contribution in [-0.4, -0.2) is 40.9 Å². The zero-order valence-electron chi connectivity index (χ0n) is 11.7. The molecule has 0 bridgehead atoms. The van der Waals surface area contributed by atoms with Crippen molar-refractivity contribution >= 4 is 11.7 Å². The highest BCUT2D eigenvalue weighted by molar-refractivity contribution is 5.70. The van der Waals surface area contributed by atoms with Gasteiger partial charge < -0.3 is 19.7 Å². The van der Waals surface area contributed by atoms with Crippen LogP contribution in [0.25, 0.3) is 0 Å². The van der Waals surface area contributed by atoms with Crippen molar-refractivity contribution in [1.82, 2.24) is 0 Å². The fourth-order valence-electron chi connectivity index (χ4n) is 1.78. The SMILES string of the molecule is CCOC(=O)CC(O)C(O)c1cc([N+](=O)[O-])ccc1OC. The van der Waals surface area contributed by atoms with Crippen LogP contribution in [0, 0.1) is 10.1 Å². The standard InChI is InChI=1S/C13H17NO7/c1-3-21-12(16)7-10(15)13(17)9-6-8(14(18)19)4-5-11(9)20-2/h4-6,10,13,15,17H,3,7H2,1-2H3. The number of esters is 1. The number of methoxy groups -OCH3 is 1. The Kier molecular flexibility index (Phi) is 6.07. The molecule has 8 heteroatoms. The number of hydrogen-bond donors (Lipinski definition) is 2. The molecule has 2 unspecified atom stereocenters. The number of benzene rings is 1. The van der Waals surface area contributed by atoms with Gasteiger partial charge in [0.2, 0.25) is 0 Å². The first-order valence-electron chi connectivity index (χ1n) is 6.24. The van der Waals surface area contributed by atoms with Gasteiger partial charge in [-0.15, -0.1) is 0 Å². The van der Waals surface area contributed by atoms with Gasteiger partial charge in [0, 0.05) is 17.7 Å². The summed E-state index contributed by atoms with van der Waals surface area (Å²) < 4.78 is 9.66. The van der Waals surface area contributed by atoms with Gasteiger partial charge in [0.15, 0.2) is 0 Å². The number of hydrogen-bond acceptors (Lipinski definition) is 7. The molecule has 0 spiro atoms. The first-order chi connectivity index (χ1) is 9.90. The van der Waals surface area contributed by atoms with Crippen molar-refractivity contribution in [3.63, 3.8) is 0 Å². The quantitative estimate of drug-likeness (QED) is 0.437. The van der Waals surface area contributed by atoms with Crippen molar-refractivity contribution in [2.24, 2.45) is 0 Å². The van der Waals surface area contributed by atoms with Gasteiger partial charge in [0.25, 0.3) is 5.69 Å². The third kappa shape index (κ3) is 4.40. The molecular formula is C13H17NO7. The van der Waals surface area contributed by atoms with E-state index in [2.05, 4.69) is 4.74 Å². The molecule has 1 aromatic carbocycles. The summed E-state index contributed by atoms with van der Waals surface area (Å²) in [4.78, 5) is 21.4.